The van der Waals surface area contributed by atoms with Gasteiger partial charge in [0.15, 0.2) is 11.5 Å². The number of amides is 3. The number of hydrogen-bond donors (Lipinski definition) is 2. The van der Waals surface area contributed by atoms with Crippen molar-refractivity contribution < 1.29 is 14.0 Å². The van der Waals surface area contributed by atoms with Gasteiger partial charge in [0.1, 0.15) is 5.52 Å². The van der Waals surface area contributed by atoms with Gasteiger partial charge in [0.25, 0.3) is 0 Å². The summed E-state index contributed by atoms with van der Waals surface area (Å²) in [5.74, 6) is 1.39. The minimum atomic E-state index is -0.131. The molecule has 28 heavy (non-hydrogen) atoms. The minimum Gasteiger partial charge on any atom is -0.440 e. The summed E-state index contributed by atoms with van der Waals surface area (Å²) in [5.41, 5.74) is 2.24. The Kier molecular flexibility index (Phi) is 4.43. The highest BCUT2D eigenvalue weighted by atomic mass is 16.3. The maximum Gasteiger partial charge on any atom is 0.321 e. The van der Waals surface area contributed by atoms with Crippen LogP contribution in [0.2, 0.25) is 0 Å². The highest BCUT2D eigenvalue weighted by Gasteiger charge is 2.32. The Morgan fingerprint density at radius 1 is 1.25 bits per heavy atom. The number of aromatic nitrogens is 1. The van der Waals surface area contributed by atoms with Crippen molar-refractivity contribution in [2.24, 2.45) is 0 Å². The molecular formula is C20H25N5O3. The second-order valence-corrected chi connectivity index (χ2v) is 7.95. The van der Waals surface area contributed by atoms with E-state index in [1.165, 1.54) is 0 Å². The molecule has 0 radical (unpaired) electrons. The molecule has 5 rings (SSSR count). The first-order chi connectivity index (χ1) is 13.7. The Bertz CT molecular complexity index is 906. The molecule has 1 aliphatic carbocycles. The number of piperazine rings is 1. The van der Waals surface area contributed by atoms with E-state index in [9.17, 15) is 9.59 Å². The monoisotopic (exact) mass is 383 g/mol. The zero-order valence-electron chi connectivity index (χ0n) is 15.8. The molecule has 8 nitrogen and oxygen atoms in total. The van der Waals surface area contributed by atoms with Gasteiger partial charge in [-0.15, -0.1) is 0 Å². The molecule has 2 aromatic rings. The van der Waals surface area contributed by atoms with Crippen LogP contribution in [0.3, 0.4) is 0 Å². The molecule has 0 bridgehead atoms. The van der Waals surface area contributed by atoms with Gasteiger partial charge < -0.3 is 24.9 Å². The van der Waals surface area contributed by atoms with Gasteiger partial charge in [-0.25, -0.2) is 9.78 Å². The summed E-state index contributed by atoms with van der Waals surface area (Å²) in [6.07, 6.45) is 4.13. The van der Waals surface area contributed by atoms with Gasteiger partial charge in [-0.2, -0.15) is 0 Å². The molecule has 2 saturated heterocycles. The van der Waals surface area contributed by atoms with Crippen LogP contribution in [0, 0.1) is 0 Å². The van der Waals surface area contributed by atoms with Crippen LogP contribution < -0.4 is 10.6 Å². The van der Waals surface area contributed by atoms with Crippen LogP contribution >= 0.6 is 0 Å². The zero-order valence-corrected chi connectivity index (χ0v) is 15.8. The topological polar surface area (TPSA) is 90.7 Å². The molecule has 2 aliphatic heterocycles. The van der Waals surface area contributed by atoms with Crippen LogP contribution in [-0.2, 0) is 4.79 Å². The van der Waals surface area contributed by atoms with E-state index in [0.717, 1.165) is 43.6 Å². The average Bonchev–Trinajstić information content (AvgIpc) is 3.48. The molecule has 1 atom stereocenters. The number of hydrogen-bond acceptors (Lipinski definition) is 5. The van der Waals surface area contributed by atoms with E-state index >= 15 is 0 Å². The summed E-state index contributed by atoms with van der Waals surface area (Å²) in [6.45, 7) is 3.20. The summed E-state index contributed by atoms with van der Waals surface area (Å²) in [5, 5.41) is 6.08. The third-order valence-corrected chi connectivity index (χ3v) is 5.83. The van der Waals surface area contributed by atoms with Crippen molar-refractivity contribution in [2.45, 2.75) is 37.6 Å². The van der Waals surface area contributed by atoms with Gasteiger partial charge in [0.05, 0.1) is 6.54 Å². The number of likely N-dealkylation sites (tertiary alicyclic amines) is 1. The standard InChI is InChI=1S/C20H25N5O3/c26-18-11-21-7-9-25(18)15-2-1-8-24(12-15)20(27)22-14-5-6-16-17(10-14)28-19(23-16)13-3-4-13/h5-6,10,13,15,21H,1-4,7-9,11-12H2,(H,22,27). The zero-order chi connectivity index (χ0) is 19.1. The predicted molar refractivity (Wildman–Crippen MR) is 104 cm³/mol. The van der Waals surface area contributed by atoms with Crippen molar-refractivity contribution in [3.63, 3.8) is 0 Å². The summed E-state index contributed by atoms with van der Waals surface area (Å²) in [7, 11) is 0. The molecule has 1 aromatic carbocycles. The number of fused-ring (bicyclic) bond motifs is 1. The van der Waals surface area contributed by atoms with Crippen molar-refractivity contribution >= 4 is 28.7 Å². The van der Waals surface area contributed by atoms with Gasteiger partial charge in [0.2, 0.25) is 5.91 Å². The minimum absolute atomic E-state index is 0.104. The SMILES string of the molecule is O=C(Nc1ccc2nc(C3CC3)oc2c1)N1CCCC(N2CCNCC2=O)C1. The number of urea groups is 1. The summed E-state index contributed by atoms with van der Waals surface area (Å²) >= 11 is 0. The fraction of sp³-hybridized carbons (Fsp3) is 0.550. The van der Waals surface area contributed by atoms with E-state index in [1.54, 1.807) is 0 Å². The quantitative estimate of drug-likeness (QED) is 0.847. The average molecular weight is 383 g/mol. The number of piperidine rings is 1. The van der Waals surface area contributed by atoms with E-state index in [2.05, 4.69) is 15.6 Å². The van der Waals surface area contributed by atoms with E-state index in [-0.39, 0.29) is 18.0 Å². The maximum atomic E-state index is 12.8. The lowest BCUT2D eigenvalue weighted by atomic mass is 10.0. The van der Waals surface area contributed by atoms with E-state index < -0.39 is 0 Å². The van der Waals surface area contributed by atoms with E-state index in [0.29, 0.717) is 43.4 Å². The Morgan fingerprint density at radius 3 is 2.96 bits per heavy atom. The maximum absolute atomic E-state index is 12.8. The lowest BCUT2D eigenvalue weighted by Crippen LogP contribution is -2.57. The van der Waals surface area contributed by atoms with Gasteiger partial charge in [-0.05, 0) is 37.8 Å². The lowest BCUT2D eigenvalue weighted by molar-refractivity contribution is -0.135. The molecule has 148 valence electrons. The molecular weight excluding hydrogens is 358 g/mol. The number of rotatable bonds is 3. The summed E-state index contributed by atoms with van der Waals surface area (Å²) < 4.78 is 5.84. The summed E-state index contributed by atoms with van der Waals surface area (Å²) in [6, 6.07) is 5.56. The Morgan fingerprint density at radius 2 is 2.14 bits per heavy atom. The lowest BCUT2D eigenvalue weighted by Gasteiger charge is -2.41. The molecule has 3 amide bonds. The highest BCUT2D eigenvalue weighted by molar-refractivity contribution is 5.91. The number of benzene rings is 1. The third kappa shape index (κ3) is 3.44. The van der Waals surface area contributed by atoms with Gasteiger partial charge in [0, 0.05) is 49.9 Å². The van der Waals surface area contributed by atoms with Crippen LogP contribution in [0.15, 0.2) is 22.6 Å². The number of nitrogens with one attached hydrogen (secondary N) is 2. The van der Waals surface area contributed by atoms with Crippen molar-refractivity contribution in [2.75, 3.05) is 38.0 Å². The predicted octanol–water partition coefficient (Wildman–Crippen LogP) is 2.13. The van der Waals surface area contributed by atoms with Crippen LogP contribution in [0.25, 0.3) is 11.1 Å². The van der Waals surface area contributed by atoms with E-state index in [4.69, 9.17) is 4.42 Å². The normalized spacial score (nSPS) is 23.3. The Labute approximate surface area is 163 Å². The number of carbonyl (C=O) groups is 2. The molecule has 3 heterocycles. The van der Waals surface area contributed by atoms with Gasteiger partial charge >= 0.3 is 6.03 Å². The number of nitrogens with zero attached hydrogens (tertiary/aromatic N) is 3. The summed E-state index contributed by atoms with van der Waals surface area (Å²) in [4.78, 5) is 33.2. The Balaban J connectivity index is 1.25. The van der Waals surface area contributed by atoms with Crippen molar-refractivity contribution in [3.05, 3.63) is 24.1 Å². The largest absolute Gasteiger partial charge is 0.440 e. The molecule has 0 spiro atoms. The van der Waals surface area contributed by atoms with Crippen molar-refractivity contribution in [1.82, 2.24) is 20.1 Å². The first kappa shape index (κ1) is 17.5. The highest BCUT2D eigenvalue weighted by Crippen LogP contribution is 2.40. The van der Waals surface area contributed by atoms with Gasteiger partial charge in [-0.1, -0.05) is 0 Å². The number of oxazole rings is 1. The molecule has 1 saturated carbocycles. The van der Waals surface area contributed by atoms with Crippen LogP contribution in [0.5, 0.6) is 0 Å². The fourth-order valence-electron chi connectivity index (χ4n) is 4.13. The van der Waals surface area contributed by atoms with Crippen LogP contribution in [-0.4, -0.2) is 65.5 Å². The Hall–Kier alpha value is -2.61. The number of anilines is 1. The number of carbonyl (C=O) groups excluding carboxylic acids is 2. The van der Waals surface area contributed by atoms with Gasteiger partial charge in [-0.3, -0.25) is 4.79 Å². The second-order valence-electron chi connectivity index (χ2n) is 7.95. The van der Waals surface area contributed by atoms with Crippen molar-refractivity contribution in [1.29, 1.82) is 0 Å². The fourth-order valence-corrected chi connectivity index (χ4v) is 4.13. The van der Waals surface area contributed by atoms with Crippen molar-refractivity contribution in [3.8, 4) is 0 Å². The van der Waals surface area contributed by atoms with Crippen LogP contribution in [0.4, 0.5) is 10.5 Å². The molecule has 3 fully saturated rings. The molecule has 2 N–H and O–H groups in total. The second kappa shape index (κ2) is 7.09. The third-order valence-electron chi connectivity index (χ3n) is 5.83. The first-order valence-electron chi connectivity index (χ1n) is 10.1. The molecule has 1 aromatic heterocycles. The molecule has 8 heteroatoms. The first-order valence-corrected chi connectivity index (χ1v) is 10.1. The van der Waals surface area contributed by atoms with E-state index in [1.807, 2.05) is 28.0 Å². The molecule has 1 unspecified atom stereocenters. The molecule has 3 aliphatic rings. The van der Waals surface area contributed by atoms with Crippen LogP contribution in [0.1, 0.15) is 37.5 Å². The smallest absolute Gasteiger partial charge is 0.321 e.